The van der Waals surface area contributed by atoms with Crippen LogP contribution in [0.1, 0.15) is 28.1 Å². The lowest BCUT2D eigenvalue weighted by Gasteiger charge is -2.30. The molecule has 7 heteroatoms. The zero-order valence-corrected chi connectivity index (χ0v) is 17.5. The van der Waals surface area contributed by atoms with Crippen molar-refractivity contribution < 1.29 is 9.53 Å². The number of methoxy groups -OCH3 is 1. The molecule has 1 aliphatic heterocycles. The highest BCUT2D eigenvalue weighted by Crippen LogP contribution is 2.40. The van der Waals surface area contributed by atoms with Gasteiger partial charge in [0.15, 0.2) is 5.11 Å². The Labute approximate surface area is 169 Å². The van der Waals surface area contributed by atoms with Crippen LogP contribution in [0.2, 0.25) is 0 Å². The first kappa shape index (κ1) is 19.8. The van der Waals surface area contributed by atoms with Crippen molar-refractivity contribution in [3.63, 3.8) is 0 Å². The Balaban J connectivity index is 1.83. The minimum absolute atomic E-state index is 0.359. The molecule has 0 saturated carbocycles. The standard InChI is InChI=1S/C20H25N3O2S2/c1-13-16(14-7-5-4-6-8-14)17(19(24)25-3)18(27-13)22-20(26)21-15-9-11-23(2)12-10-15/h4-8,15H,9-12H2,1-3H3,(H2,21,22,26). The first-order chi connectivity index (χ1) is 13.0. The fraction of sp³-hybridized carbons (Fsp3) is 0.400. The van der Waals surface area contributed by atoms with Crippen LogP contribution in [-0.2, 0) is 4.74 Å². The van der Waals surface area contributed by atoms with Crippen molar-refractivity contribution in [3.8, 4) is 11.1 Å². The molecular formula is C20H25N3O2S2. The van der Waals surface area contributed by atoms with E-state index in [1.807, 2.05) is 37.3 Å². The Hall–Kier alpha value is -1.96. The molecule has 1 saturated heterocycles. The normalized spacial score (nSPS) is 15.4. The molecule has 2 heterocycles. The number of benzene rings is 1. The lowest BCUT2D eigenvalue weighted by Crippen LogP contribution is -2.44. The Bertz CT molecular complexity index is 812. The molecule has 3 rings (SSSR count). The number of thiocarbonyl (C=S) groups is 1. The molecule has 0 aliphatic carbocycles. The molecule has 2 aromatic rings. The SMILES string of the molecule is COC(=O)c1c(NC(=S)NC2CCN(C)CC2)sc(C)c1-c1ccccc1. The number of esters is 1. The number of likely N-dealkylation sites (tertiary alicyclic amines) is 1. The zero-order valence-electron chi connectivity index (χ0n) is 15.9. The van der Waals surface area contributed by atoms with Crippen molar-refractivity contribution in [1.82, 2.24) is 10.2 Å². The monoisotopic (exact) mass is 403 g/mol. The molecule has 1 aliphatic rings. The summed E-state index contributed by atoms with van der Waals surface area (Å²) in [5.41, 5.74) is 2.43. The number of carbonyl (C=O) groups excluding carboxylic acids is 1. The third-order valence-electron chi connectivity index (χ3n) is 4.82. The summed E-state index contributed by atoms with van der Waals surface area (Å²) in [6.07, 6.45) is 2.11. The molecule has 2 N–H and O–H groups in total. The topological polar surface area (TPSA) is 53.6 Å². The van der Waals surface area contributed by atoms with Crippen LogP contribution in [0.15, 0.2) is 30.3 Å². The summed E-state index contributed by atoms with van der Waals surface area (Å²) in [7, 11) is 3.54. The number of ether oxygens (including phenoxy) is 1. The van der Waals surface area contributed by atoms with Gasteiger partial charge < -0.3 is 20.3 Å². The van der Waals surface area contributed by atoms with E-state index in [0.717, 1.165) is 46.9 Å². The second-order valence-corrected chi connectivity index (χ2v) is 8.40. The van der Waals surface area contributed by atoms with Crippen molar-refractivity contribution in [2.24, 2.45) is 0 Å². The van der Waals surface area contributed by atoms with Gasteiger partial charge in [0, 0.05) is 16.5 Å². The molecule has 0 bridgehead atoms. The maximum absolute atomic E-state index is 12.5. The summed E-state index contributed by atoms with van der Waals surface area (Å²) in [5.74, 6) is -0.359. The van der Waals surface area contributed by atoms with Crippen LogP contribution in [0, 0.1) is 6.92 Å². The van der Waals surface area contributed by atoms with E-state index in [-0.39, 0.29) is 5.97 Å². The summed E-state index contributed by atoms with van der Waals surface area (Å²) in [4.78, 5) is 15.9. The molecule has 1 aromatic heterocycles. The Morgan fingerprint density at radius 3 is 2.56 bits per heavy atom. The Morgan fingerprint density at radius 1 is 1.26 bits per heavy atom. The highest BCUT2D eigenvalue weighted by Gasteiger charge is 2.25. The van der Waals surface area contributed by atoms with Crippen molar-refractivity contribution >= 4 is 39.6 Å². The van der Waals surface area contributed by atoms with Gasteiger partial charge in [-0.15, -0.1) is 11.3 Å². The first-order valence-electron chi connectivity index (χ1n) is 9.02. The summed E-state index contributed by atoms with van der Waals surface area (Å²) < 4.78 is 5.05. The Kier molecular flexibility index (Phi) is 6.46. The number of nitrogens with one attached hydrogen (secondary N) is 2. The van der Waals surface area contributed by atoms with Gasteiger partial charge in [-0.3, -0.25) is 0 Å². The van der Waals surface area contributed by atoms with Gasteiger partial charge in [-0.25, -0.2) is 4.79 Å². The quantitative estimate of drug-likeness (QED) is 0.597. The van der Waals surface area contributed by atoms with E-state index in [9.17, 15) is 4.79 Å². The van der Waals surface area contributed by atoms with Gasteiger partial charge in [-0.05, 0) is 57.7 Å². The van der Waals surface area contributed by atoms with Crippen LogP contribution in [0.4, 0.5) is 5.00 Å². The van der Waals surface area contributed by atoms with E-state index in [1.165, 1.54) is 18.4 Å². The largest absolute Gasteiger partial charge is 0.465 e. The van der Waals surface area contributed by atoms with Crippen molar-refractivity contribution in [2.45, 2.75) is 25.8 Å². The average Bonchev–Trinajstić information content (AvgIpc) is 2.99. The highest BCUT2D eigenvalue weighted by atomic mass is 32.1. The number of hydrogen-bond donors (Lipinski definition) is 2. The summed E-state index contributed by atoms with van der Waals surface area (Å²) in [6.45, 7) is 4.13. The van der Waals surface area contributed by atoms with Gasteiger partial charge in [-0.2, -0.15) is 0 Å². The number of rotatable bonds is 4. The molecule has 1 aromatic carbocycles. The van der Waals surface area contributed by atoms with Crippen molar-refractivity contribution in [2.75, 3.05) is 32.6 Å². The maximum atomic E-state index is 12.5. The fourth-order valence-electron chi connectivity index (χ4n) is 3.36. The molecule has 0 amide bonds. The molecule has 0 radical (unpaired) electrons. The predicted molar refractivity (Wildman–Crippen MR) is 116 cm³/mol. The third kappa shape index (κ3) is 4.66. The van der Waals surface area contributed by atoms with Gasteiger partial charge in [0.05, 0.1) is 7.11 Å². The minimum atomic E-state index is -0.359. The Morgan fingerprint density at radius 2 is 1.93 bits per heavy atom. The number of piperidine rings is 1. The van der Waals surface area contributed by atoms with Crippen molar-refractivity contribution in [3.05, 3.63) is 40.8 Å². The maximum Gasteiger partial charge on any atom is 0.341 e. The van der Waals surface area contributed by atoms with Gasteiger partial charge in [0.1, 0.15) is 10.6 Å². The van der Waals surface area contributed by atoms with E-state index >= 15 is 0 Å². The molecule has 5 nitrogen and oxygen atoms in total. The number of anilines is 1. The molecule has 0 atom stereocenters. The summed E-state index contributed by atoms with van der Waals surface area (Å²) >= 11 is 7.04. The highest BCUT2D eigenvalue weighted by molar-refractivity contribution is 7.80. The van der Waals surface area contributed by atoms with Crippen LogP contribution in [0.25, 0.3) is 11.1 Å². The fourth-order valence-corrected chi connectivity index (χ4v) is 4.76. The summed E-state index contributed by atoms with van der Waals surface area (Å²) in [6, 6.07) is 10.3. The first-order valence-corrected chi connectivity index (χ1v) is 10.2. The number of thiophene rings is 1. The second kappa shape index (κ2) is 8.82. The van der Waals surface area contributed by atoms with Crippen LogP contribution >= 0.6 is 23.6 Å². The average molecular weight is 404 g/mol. The minimum Gasteiger partial charge on any atom is -0.465 e. The summed E-state index contributed by atoms with van der Waals surface area (Å²) in [5, 5.41) is 7.91. The molecule has 144 valence electrons. The second-order valence-electron chi connectivity index (χ2n) is 6.77. The lowest BCUT2D eigenvalue weighted by atomic mass is 10.0. The lowest BCUT2D eigenvalue weighted by molar-refractivity contribution is 0.0603. The van der Waals surface area contributed by atoms with Gasteiger partial charge in [-0.1, -0.05) is 30.3 Å². The third-order valence-corrected chi connectivity index (χ3v) is 6.06. The van der Waals surface area contributed by atoms with Gasteiger partial charge >= 0.3 is 5.97 Å². The zero-order chi connectivity index (χ0) is 19.4. The number of aryl methyl sites for hydroxylation is 1. The molecular weight excluding hydrogens is 378 g/mol. The number of hydrogen-bond acceptors (Lipinski definition) is 5. The molecule has 27 heavy (non-hydrogen) atoms. The van der Waals surface area contributed by atoms with E-state index in [4.69, 9.17) is 17.0 Å². The molecule has 0 unspecified atom stereocenters. The smallest absolute Gasteiger partial charge is 0.341 e. The van der Waals surface area contributed by atoms with E-state index in [0.29, 0.717) is 16.7 Å². The van der Waals surface area contributed by atoms with E-state index in [2.05, 4.69) is 22.6 Å². The van der Waals surface area contributed by atoms with Crippen LogP contribution in [0.3, 0.4) is 0 Å². The van der Waals surface area contributed by atoms with Crippen LogP contribution in [0.5, 0.6) is 0 Å². The molecule has 0 spiro atoms. The van der Waals surface area contributed by atoms with Crippen LogP contribution in [-0.4, -0.2) is 49.3 Å². The number of carbonyl (C=O) groups is 1. The molecule has 1 fully saturated rings. The van der Waals surface area contributed by atoms with E-state index < -0.39 is 0 Å². The van der Waals surface area contributed by atoms with Gasteiger partial charge in [0.2, 0.25) is 0 Å². The predicted octanol–water partition coefficient (Wildman–Crippen LogP) is 3.89. The van der Waals surface area contributed by atoms with Gasteiger partial charge in [0.25, 0.3) is 0 Å². The van der Waals surface area contributed by atoms with E-state index in [1.54, 1.807) is 0 Å². The van der Waals surface area contributed by atoms with Crippen LogP contribution < -0.4 is 10.6 Å². The number of nitrogens with zero attached hydrogens (tertiary/aromatic N) is 1. The van der Waals surface area contributed by atoms with Crippen molar-refractivity contribution in [1.29, 1.82) is 0 Å².